The first-order valence-corrected chi connectivity index (χ1v) is 8.34. The Bertz CT molecular complexity index is 815. The molecule has 3 rings (SSSR count). The summed E-state index contributed by atoms with van der Waals surface area (Å²) in [5.74, 6) is 0.717. The number of carbonyl (C=O) groups excluding carboxylic acids is 1. The van der Waals surface area contributed by atoms with Crippen LogP contribution in [0.3, 0.4) is 0 Å². The molecule has 0 aliphatic carbocycles. The Morgan fingerprint density at radius 2 is 2.13 bits per heavy atom. The largest absolute Gasteiger partial charge is 0.467 e. The van der Waals surface area contributed by atoms with Crippen LogP contribution in [-0.4, -0.2) is 16.1 Å². The number of furan rings is 1. The number of pyridine rings is 1. The quantitative estimate of drug-likeness (QED) is 0.722. The Balaban J connectivity index is 1.67. The minimum Gasteiger partial charge on any atom is -0.467 e. The summed E-state index contributed by atoms with van der Waals surface area (Å²) in [6.45, 7) is 4.35. The molecule has 118 valence electrons. The zero-order valence-corrected chi connectivity index (χ0v) is 13.9. The average Bonchev–Trinajstić information content (AvgIpc) is 3.06. The van der Waals surface area contributed by atoms with E-state index in [0.29, 0.717) is 6.54 Å². The number of nitrogens with one attached hydrogen (secondary N) is 1. The van der Waals surface area contributed by atoms with Gasteiger partial charge in [-0.3, -0.25) is 4.79 Å². The lowest BCUT2D eigenvalue weighted by Crippen LogP contribution is -2.30. The minimum absolute atomic E-state index is 0.0287. The monoisotopic (exact) mass is 326 g/mol. The van der Waals surface area contributed by atoms with Gasteiger partial charge < -0.3 is 9.73 Å². The summed E-state index contributed by atoms with van der Waals surface area (Å²) in [5.41, 5.74) is 2.12. The van der Waals surface area contributed by atoms with E-state index in [1.807, 2.05) is 37.3 Å². The van der Waals surface area contributed by atoms with E-state index >= 15 is 0 Å². The number of hydrogen-bond acceptors (Lipinski definition) is 4. The number of carbonyl (C=O) groups is 1. The van der Waals surface area contributed by atoms with Gasteiger partial charge in [0.15, 0.2) is 0 Å². The molecule has 1 aromatic carbocycles. The van der Waals surface area contributed by atoms with Gasteiger partial charge in [-0.1, -0.05) is 30.0 Å². The summed E-state index contributed by atoms with van der Waals surface area (Å²) in [6, 6.07) is 13.7. The van der Waals surface area contributed by atoms with Crippen LogP contribution in [0.15, 0.2) is 58.2 Å². The number of amides is 1. The third kappa shape index (κ3) is 3.74. The molecular weight excluding hydrogens is 308 g/mol. The average molecular weight is 326 g/mol. The van der Waals surface area contributed by atoms with E-state index in [9.17, 15) is 4.79 Å². The molecule has 0 spiro atoms. The molecule has 0 radical (unpaired) electrons. The molecule has 0 aliphatic heterocycles. The molecule has 2 aromatic heterocycles. The lowest BCUT2D eigenvalue weighted by molar-refractivity contribution is -0.120. The molecule has 0 saturated heterocycles. The van der Waals surface area contributed by atoms with Crippen molar-refractivity contribution in [2.24, 2.45) is 0 Å². The lowest BCUT2D eigenvalue weighted by Gasteiger charge is -2.12. The molecule has 1 atom stereocenters. The van der Waals surface area contributed by atoms with Crippen LogP contribution in [0.2, 0.25) is 0 Å². The van der Waals surface area contributed by atoms with Crippen LogP contribution in [0.25, 0.3) is 10.9 Å². The third-order valence-corrected chi connectivity index (χ3v) is 4.60. The fourth-order valence-electron chi connectivity index (χ4n) is 2.34. The second-order valence-electron chi connectivity index (χ2n) is 5.35. The van der Waals surface area contributed by atoms with Crippen molar-refractivity contribution in [1.29, 1.82) is 0 Å². The number of benzene rings is 1. The Kier molecular flexibility index (Phi) is 4.67. The Labute approximate surface area is 139 Å². The van der Waals surface area contributed by atoms with Crippen molar-refractivity contribution in [2.45, 2.75) is 30.7 Å². The highest BCUT2D eigenvalue weighted by Crippen LogP contribution is 2.26. The van der Waals surface area contributed by atoms with Crippen molar-refractivity contribution in [1.82, 2.24) is 10.3 Å². The number of nitrogens with zero attached hydrogens (tertiary/aromatic N) is 1. The number of rotatable bonds is 5. The molecule has 4 nitrogen and oxygen atoms in total. The number of hydrogen-bond donors (Lipinski definition) is 1. The van der Waals surface area contributed by atoms with Gasteiger partial charge in [-0.25, -0.2) is 4.98 Å². The van der Waals surface area contributed by atoms with E-state index in [4.69, 9.17) is 4.42 Å². The van der Waals surface area contributed by atoms with E-state index in [0.717, 1.165) is 21.7 Å². The number of aromatic nitrogens is 1. The van der Waals surface area contributed by atoms with Gasteiger partial charge in [0, 0.05) is 5.39 Å². The summed E-state index contributed by atoms with van der Waals surface area (Å²) in [5, 5.41) is 4.66. The summed E-state index contributed by atoms with van der Waals surface area (Å²) in [4.78, 5) is 16.8. The Morgan fingerprint density at radius 1 is 1.30 bits per heavy atom. The first kappa shape index (κ1) is 15.6. The number of aryl methyl sites for hydroxylation is 1. The molecule has 23 heavy (non-hydrogen) atoms. The van der Waals surface area contributed by atoms with E-state index in [2.05, 4.69) is 23.3 Å². The van der Waals surface area contributed by atoms with Gasteiger partial charge >= 0.3 is 0 Å². The maximum atomic E-state index is 12.2. The Hall–Kier alpha value is -2.27. The predicted molar refractivity (Wildman–Crippen MR) is 92.4 cm³/mol. The van der Waals surface area contributed by atoms with Gasteiger partial charge in [0.05, 0.1) is 28.6 Å². The van der Waals surface area contributed by atoms with Crippen LogP contribution in [0.4, 0.5) is 0 Å². The van der Waals surface area contributed by atoms with Crippen molar-refractivity contribution >= 4 is 28.6 Å². The highest BCUT2D eigenvalue weighted by molar-refractivity contribution is 8.00. The van der Waals surface area contributed by atoms with Crippen molar-refractivity contribution in [3.05, 3.63) is 60.1 Å². The second-order valence-corrected chi connectivity index (χ2v) is 6.71. The lowest BCUT2D eigenvalue weighted by atomic mass is 10.1. The third-order valence-electron chi connectivity index (χ3n) is 3.58. The van der Waals surface area contributed by atoms with Gasteiger partial charge in [0.2, 0.25) is 5.91 Å². The highest BCUT2D eigenvalue weighted by Gasteiger charge is 2.16. The molecule has 0 unspecified atom stereocenters. The zero-order chi connectivity index (χ0) is 16.2. The molecule has 1 amide bonds. The molecule has 0 bridgehead atoms. The summed E-state index contributed by atoms with van der Waals surface area (Å²) in [6.07, 6.45) is 1.60. The minimum atomic E-state index is -0.224. The molecule has 0 aliphatic rings. The van der Waals surface area contributed by atoms with Crippen LogP contribution < -0.4 is 5.32 Å². The van der Waals surface area contributed by atoms with E-state index in [1.165, 1.54) is 17.3 Å². The van der Waals surface area contributed by atoms with Crippen LogP contribution in [0.5, 0.6) is 0 Å². The van der Waals surface area contributed by atoms with Gasteiger partial charge in [-0.2, -0.15) is 0 Å². The summed E-state index contributed by atoms with van der Waals surface area (Å²) >= 11 is 1.46. The Morgan fingerprint density at radius 3 is 2.91 bits per heavy atom. The summed E-state index contributed by atoms with van der Waals surface area (Å²) < 4.78 is 5.21. The normalized spacial score (nSPS) is 12.3. The standard InChI is InChI=1S/C18H18N2O2S/c1-12-10-17(20-16-8-4-3-7-15(12)16)23-13(2)18(21)19-11-14-6-5-9-22-14/h3-10,13H,11H2,1-2H3,(H,19,21)/t13-/m1/s1. The van der Waals surface area contributed by atoms with Gasteiger partial charge in [0.1, 0.15) is 5.76 Å². The van der Waals surface area contributed by atoms with Gasteiger partial charge in [-0.05, 0) is 43.7 Å². The van der Waals surface area contributed by atoms with Crippen LogP contribution in [0.1, 0.15) is 18.2 Å². The van der Waals surface area contributed by atoms with Gasteiger partial charge in [0.25, 0.3) is 0 Å². The molecule has 0 saturated carbocycles. The van der Waals surface area contributed by atoms with Gasteiger partial charge in [-0.15, -0.1) is 0 Å². The molecule has 3 aromatic rings. The van der Waals surface area contributed by atoms with Crippen molar-refractivity contribution in [3.63, 3.8) is 0 Å². The van der Waals surface area contributed by atoms with Crippen LogP contribution in [-0.2, 0) is 11.3 Å². The molecule has 0 fully saturated rings. The zero-order valence-electron chi connectivity index (χ0n) is 13.1. The second kappa shape index (κ2) is 6.87. The highest BCUT2D eigenvalue weighted by atomic mass is 32.2. The molecular formula is C18H18N2O2S. The SMILES string of the molecule is Cc1cc(S[C@H](C)C(=O)NCc2ccco2)nc2ccccc12. The van der Waals surface area contributed by atoms with Crippen LogP contribution in [0, 0.1) is 6.92 Å². The smallest absolute Gasteiger partial charge is 0.233 e. The maximum absolute atomic E-state index is 12.2. The maximum Gasteiger partial charge on any atom is 0.233 e. The fourth-order valence-corrected chi connectivity index (χ4v) is 3.29. The van der Waals surface area contributed by atoms with Crippen molar-refractivity contribution in [2.75, 3.05) is 0 Å². The van der Waals surface area contributed by atoms with E-state index in [1.54, 1.807) is 12.3 Å². The number of para-hydroxylation sites is 1. The molecule has 1 N–H and O–H groups in total. The van der Waals surface area contributed by atoms with Crippen molar-refractivity contribution < 1.29 is 9.21 Å². The summed E-state index contributed by atoms with van der Waals surface area (Å²) in [7, 11) is 0. The van der Waals surface area contributed by atoms with Crippen LogP contribution >= 0.6 is 11.8 Å². The first-order valence-electron chi connectivity index (χ1n) is 7.46. The number of thioether (sulfide) groups is 1. The van der Waals surface area contributed by atoms with E-state index in [-0.39, 0.29) is 11.2 Å². The molecule has 2 heterocycles. The first-order chi connectivity index (χ1) is 11.1. The number of fused-ring (bicyclic) bond motifs is 1. The van der Waals surface area contributed by atoms with Crippen molar-refractivity contribution in [3.8, 4) is 0 Å². The topological polar surface area (TPSA) is 55.1 Å². The fraction of sp³-hybridized carbons (Fsp3) is 0.222. The predicted octanol–water partition coefficient (Wildman–Crippen LogP) is 3.93. The molecule has 5 heteroatoms. The van der Waals surface area contributed by atoms with E-state index < -0.39 is 0 Å².